The lowest BCUT2D eigenvalue weighted by molar-refractivity contribution is 0.0728. The topological polar surface area (TPSA) is 63.1 Å². The second kappa shape index (κ2) is 6.05. The Morgan fingerprint density at radius 2 is 1.87 bits per heavy atom. The first-order valence-corrected chi connectivity index (χ1v) is 8.75. The van der Waals surface area contributed by atoms with Crippen molar-refractivity contribution in [1.29, 1.82) is 0 Å². The summed E-state index contributed by atoms with van der Waals surface area (Å²) in [6, 6.07) is 7.93. The van der Waals surface area contributed by atoms with Gasteiger partial charge in [-0.05, 0) is 37.1 Å². The number of carbonyl (C=O) groups is 1. The number of hydrogen-bond acceptors (Lipinski definition) is 4. The van der Waals surface area contributed by atoms with Crippen molar-refractivity contribution in [3.63, 3.8) is 0 Å². The highest BCUT2D eigenvalue weighted by molar-refractivity contribution is 9.10. The number of hydrogen-bond donors (Lipinski definition) is 1. The van der Waals surface area contributed by atoms with Crippen LogP contribution in [0.2, 0.25) is 0 Å². The Labute approximate surface area is 143 Å². The van der Waals surface area contributed by atoms with Gasteiger partial charge in [-0.3, -0.25) is 4.79 Å². The number of nitrogens with zero attached hydrogens (tertiary/aromatic N) is 4. The van der Waals surface area contributed by atoms with Crippen LogP contribution < -0.4 is 5.32 Å². The van der Waals surface area contributed by atoms with Crippen molar-refractivity contribution in [2.24, 2.45) is 0 Å². The average Bonchev–Trinajstić information content (AvgIpc) is 3.34. The van der Waals surface area contributed by atoms with Crippen LogP contribution in [0.4, 0.5) is 0 Å². The summed E-state index contributed by atoms with van der Waals surface area (Å²) in [6.45, 7) is 3.14. The van der Waals surface area contributed by atoms with Crippen LogP contribution in [0.25, 0.3) is 5.69 Å². The van der Waals surface area contributed by atoms with Crippen LogP contribution in [0.15, 0.2) is 28.7 Å². The zero-order chi connectivity index (χ0) is 15.8. The van der Waals surface area contributed by atoms with Crippen LogP contribution in [-0.2, 0) is 0 Å². The minimum atomic E-state index is 0.0109. The molecule has 120 valence electrons. The van der Waals surface area contributed by atoms with Crippen LogP contribution in [0.5, 0.6) is 0 Å². The van der Waals surface area contributed by atoms with Gasteiger partial charge in [0.25, 0.3) is 5.91 Å². The van der Waals surface area contributed by atoms with E-state index in [1.807, 2.05) is 33.8 Å². The lowest BCUT2D eigenvalue weighted by Gasteiger charge is -2.26. The van der Waals surface area contributed by atoms with E-state index in [2.05, 4.69) is 31.6 Å². The molecule has 1 amide bonds. The summed E-state index contributed by atoms with van der Waals surface area (Å²) in [5.74, 6) is 0.410. The first-order valence-electron chi connectivity index (χ1n) is 7.95. The maximum absolute atomic E-state index is 12.8. The van der Waals surface area contributed by atoms with Gasteiger partial charge < -0.3 is 10.2 Å². The van der Waals surface area contributed by atoms with Crippen LogP contribution in [0.3, 0.4) is 0 Å². The third-order valence-corrected chi connectivity index (χ3v) is 4.88. The molecule has 1 aliphatic carbocycles. The van der Waals surface area contributed by atoms with E-state index >= 15 is 0 Å². The monoisotopic (exact) mass is 375 g/mol. The van der Waals surface area contributed by atoms with Crippen LogP contribution >= 0.6 is 15.9 Å². The van der Waals surface area contributed by atoms with E-state index in [9.17, 15) is 4.79 Å². The fraction of sp³-hybridized carbons (Fsp3) is 0.438. The Balaban J connectivity index is 1.70. The molecule has 0 spiro atoms. The van der Waals surface area contributed by atoms with Crippen molar-refractivity contribution < 1.29 is 4.79 Å². The summed E-state index contributed by atoms with van der Waals surface area (Å²) < 4.78 is 2.85. The predicted octanol–water partition coefficient (Wildman–Crippen LogP) is 1.95. The lowest BCUT2D eigenvalue weighted by atomic mass is 10.2. The Kier molecular flexibility index (Phi) is 3.90. The number of carbonyl (C=O) groups excluding carboxylic acids is 1. The van der Waals surface area contributed by atoms with E-state index in [1.165, 1.54) is 0 Å². The fourth-order valence-corrected chi connectivity index (χ4v) is 3.22. The SMILES string of the molecule is O=C(c1nnn(-c2ccc(Br)cc2)c1C1CC1)N1CCNCC1. The normalized spacial score (nSPS) is 18.2. The molecule has 0 radical (unpaired) electrons. The smallest absolute Gasteiger partial charge is 0.276 e. The van der Waals surface area contributed by atoms with Gasteiger partial charge in [0.15, 0.2) is 5.69 Å². The predicted molar refractivity (Wildman–Crippen MR) is 89.8 cm³/mol. The Bertz CT molecular complexity index is 717. The number of nitrogens with one attached hydrogen (secondary N) is 1. The Hall–Kier alpha value is -1.73. The lowest BCUT2D eigenvalue weighted by Crippen LogP contribution is -2.46. The van der Waals surface area contributed by atoms with Gasteiger partial charge in [0.05, 0.1) is 11.4 Å². The van der Waals surface area contributed by atoms with E-state index in [-0.39, 0.29) is 5.91 Å². The van der Waals surface area contributed by atoms with Crippen LogP contribution in [-0.4, -0.2) is 52.0 Å². The van der Waals surface area contributed by atoms with Gasteiger partial charge >= 0.3 is 0 Å². The maximum atomic E-state index is 12.8. The van der Waals surface area contributed by atoms with Gasteiger partial charge in [-0.1, -0.05) is 21.1 Å². The molecule has 6 nitrogen and oxygen atoms in total. The minimum Gasteiger partial charge on any atom is -0.335 e. The molecule has 23 heavy (non-hydrogen) atoms. The van der Waals surface area contributed by atoms with Crippen molar-refractivity contribution in [3.05, 3.63) is 40.1 Å². The zero-order valence-electron chi connectivity index (χ0n) is 12.7. The quantitative estimate of drug-likeness (QED) is 0.890. The summed E-state index contributed by atoms with van der Waals surface area (Å²) in [6.07, 6.45) is 2.21. The molecule has 0 unspecified atom stereocenters. The second-order valence-corrected chi connectivity index (χ2v) is 6.94. The summed E-state index contributed by atoms with van der Waals surface area (Å²) >= 11 is 3.45. The highest BCUT2D eigenvalue weighted by atomic mass is 79.9. The molecule has 1 aliphatic heterocycles. The number of benzene rings is 1. The first kappa shape index (κ1) is 14.8. The summed E-state index contributed by atoms with van der Waals surface area (Å²) in [5, 5.41) is 11.8. The van der Waals surface area contributed by atoms with Crippen molar-refractivity contribution >= 4 is 21.8 Å². The van der Waals surface area contributed by atoms with E-state index in [0.29, 0.717) is 11.6 Å². The van der Waals surface area contributed by atoms with Gasteiger partial charge in [0.2, 0.25) is 0 Å². The molecule has 2 heterocycles. The van der Waals surface area contributed by atoms with Crippen LogP contribution in [0.1, 0.15) is 34.9 Å². The second-order valence-electron chi connectivity index (χ2n) is 6.03. The Morgan fingerprint density at radius 1 is 1.17 bits per heavy atom. The standard InChI is InChI=1S/C16H18BrN5O/c17-12-3-5-13(6-4-12)22-15(11-1-2-11)14(19-20-22)16(23)21-9-7-18-8-10-21/h3-6,11,18H,1-2,7-10H2. The molecule has 0 bridgehead atoms. The van der Waals surface area contributed by atoms with Gasteiger partial charge in [0.1, 0.15) is 0 Å². The first-order chi connectivity index (χ1) is 11.2. The number of halogens is 1. The average molecular weight is 376 g/mol. The van der Waals surface area contributed by atoms with Crippen molar-refractivity contribution in [3.8, 4) is 5.69 Å². The maximum Gasteiger partial charge on any atom is 0.276 e. The number of aromatic nitrogens is 3. The molecule has 2 fully saturated rings. The molecule has 2 aromatic rings. The number of piperazine rings is 1. The molecule has 1 N–H and O–H groups in total. The summed E-state index contributed by atoms with van der Waals surface area (Å²) in [7, 11) is 0. The minimum absolute atomic E-state index is 0.0109. The highest BCUT2D eigenvalue weighted by Gasteiger charge is 2.35. The van der Waals surface area contributed by atoms with E-state index in [4.69, 9.17) is 0 Å². The third kappa shape index (κ3) is 2.90. The van der Waals surface area contributed by atoms with Crippen molar-refractivity contribution in [2.45, 2.75) is 18.8 Å². The summed E-state index contributed by atoms with van der Waals surface area (Å²) in [5.41, 5.74) is 2.44. The molecule has 0 atom stereocenters. The zero-order valence-corrected chi connectivity index (χ0v) is 14.3. The number of rotatable bonds is 3. The molecule has 1 aromatic carbocycles. The van der Waals surface area contributed by atoms with Gasteiger partial charge in [0, 0.05) is 36.6 Å². The van der Waals surface area contributed by atoms with E-state index in [1.54, 1.807) is 0 Å². The largest absolute Gasteiger partial charge is 0.335 e. The fourth-order valence-electron chi connectivity index (χ4n) is 2.96. The molecule has 4 rings (SSSR count). The Morgan fingerprint density at radius 3 is 2.52 bits per heavy atom. The van der Waals surface area contributed by atoms with Gasteiger partial charge in [-0.2, -0.15) is 0 Å². The summed E-state index contributed by atoms with van der Waals surface area (Å²) in [4.78, 5) is 14.7. The number of amides is 1. The molecule has 1 aromatic heterocycles. The van der Waals surface area contributed by atoms with Crippen molar-refractivity contribution in [1.82, 2.24) is 25.2 Å². The molecule has 7 heteroatoms. The molecular weight excluding hydrogens is 358 g/mol. The van der Waals surface area contributed by atoms with Gasteiger partial charge in [-0.15, -0.1) is 5.10 Å². The van der Waals surface area contributed by atoms with E-state index < -0.39 is 0 Å². The molecule has 1 saturated carbocycles. The molecule has 1 saturated heterocycles. The third-order valence-electron chi connectivity index (χ3n) is 4.35. The van der Waals surface area contributed by atoms with Crippen LogP contribution in [0, 0.1) is 0 Å². The van der Waals surface area contributed by atoms with Crippen molar-refractivity contribution in [2.75, 3.05) is 26.2 Å². The molecular formula is C16H18BrN5O. The molecule has 2 aliphatic rings. The highest BCUT2D eigenvalue weighted by Crippen LogP contribution is 2.42. The van der Waals surface area contributed by atoms with E-state index in [0.717, 1.165) is 54.9 Å². The van der Waals surface area contributed by atoms with Gasteiger partial charge in [-0.25, -0.2) is 4.68 Å².